The van der Waals surface area contributed by atoms with E-state index in [4.69, 9.17) is 9.47 Å². The second kappa shape index (κ2) is 7.32. The number of hydrogen-bond donors (Lipinski definition) is 1. The Labute approximate surface area is 144 Å². The van der Waals surface area contributed by atoms with Crippen molar-refractivity contribution >= 4 is 6.03 Å². The van der Waals surface area contributed by atoms with Crippen LogP contribution in [0.3, 0.4) is 0 Å². The number of benzene rings is 1. The second-order valence-corrected chi connectivity index (χ2v) is 6.81. The van der Waals surface area contributed by atoms with Crippen molar-refractivity contribution in [3.05, 3.63) is 23.3 Å². The highest BCUT2D eigenvalue weighted by atomic mass is 16.5. The first-order valence-electron chi connectivity index (χ1n) is 8.96. The lowest BCUT2D eigenvalue weighted by Gasteiger charge is -2.37. The molecule has 1 atom stereocenters. The summed E-state index contributed by atoms with van der Waals surface area (Å²) in [6, 6.07) is 4.50. The smallest absolute Gasteiger partial charge is 0.318 e. The summed E-state index contributed by atoms with van der Waals surface area (Å²) in [7, 11) is 3.30. The average molecular weight is 332 g/mol. The van der Waals surface area contributed by atoms with E-state index in [1.54, 1.807) is 14.2 Å². The topological polar surface area (TPSA) is 50.8 Å². The summed E-state index contributed by atoms with van der Waals surface area (Å²) in [5, 5.41) is 3.23. The number of nitrogens with zero attached hydrogens (tertiary/aromatic N) is 1. The van der Waals surface area contributed by atoms with Gasteiger partial charge in [0.15, 0.2) is 11.5 Å². The molecule has 1 heterocycles. The number of carbonyl (C=O) groups is 1. The summed E-state index contributed by atoms with van der Waals surface area (Å²) in [4.78, 5) is 14.7. The highest BCUT2D eigenvalue weighted by Gasteiger charge is 2.30. The molecular weight excluding hydrogens is 304 g/mol. The number of nitrogens with one attached hydrogen (secondary N) is 1. The first kappa shape index (κ1) is 16.9. The molecule has 1 aromatic carbocycles. The number of carbonyl (C=O) groups excluding carboxylic acids is 1. The van der Waals surface area contributed by atoms with Crippen LogP contribution < -0.4 is 14.8 Å². The van der Waals surface area contributed by atoms with Crippen molar-refractivity contribution in [1.29, 1.82) is 0 Å². The van der Waals surface area contributed by atoms with E-state index >= 15 is 0 Å². The largest absolute Gasteiger partial charge is 0.493 e. The van der Waals surface area contributed by atoms with Crippen molar-refractivity contribution in [1.82, 2.24) is 10.2 Å². The van der Waals surface area contributed by atoms with Gasteiger partial charge in [0.1, 0.15) is 0 Å². The van der Waals surface area contributed by atoms with E-state index < -0.39 is 0 Å². The minimum absolute atomic E-state index is 0.0390. The number of ether oxygens (including phenoxy) is 2. The standard InChI is InChI=1S/C19H28N2O3/c1-13-16-12-18(24-3)17(23-2)11-14(16)9-10-21(13)19(22)20-15-7-5-4-6-8-15/h11-13,15H,4-10H2,1-3H3,(H,20,22)/t13-/m0/s1. The first-order chi connectivity index (χ1) is 11.6. The zero-order chi connectivity index (χ0) is 17.1. The van der Waals surface area contributed by atoms with E-state index in [0.29, 0.717) is 6.04 Å². The van der Waals surface area contributed by atoms with Crippen LogP contribution in [0, 0.1) is 0 Å². The van der Waals surface area contributed by atoms with Gasteiger partial charge in [-0.1, -0.05) is 19.3 Å². The third kappa shape index (κ3) is 3.30. The molecule has 1 fully saturated rings. The van der Waals surface area contributed by atoms with Crippen LogP contribution in [0.2, 0.25) is 0 Å². The SMILES string of the molecule is COc1cc2c(cc1OC)[C@H](C)N(C(=O)NC1CCCCC1)CC2. The van der Waals surface area contributed by atoms with Crippen LogP contribution in [0.1, 0.15) is 56.2 Å². The number of amides is 2. The minimum Gasteiger partial charge on any atom is -0.493 e. The van der Waals surface area contributed by atoms with Gasteiger partial charge in [0, 0.05) is 12.6 Å². The zero-order valence-corrected chi connectivity index (χ0v) is 14.9. The molecule has 1 saturated carbocycles. The molecule has 0 saturated heterocycles. The molecule has 132 valence electrons. The van der Waals surface area contributed by atoms with Gasteiger partial charge in [-0.05, 0) is 49.4 Å². The van der Waals surface area contributed by atoms with Crippen molar-refractivity contribution < 1.29 is 14.3 Å². The molecule has 5 heteroatoms. The van der Waals surface area contributed by atoms with E-state index in [2.05, 4.69) is 12.2 Å². The lowest BCUT2D eigenvalue weighted by molar-refractivity contribution is 0.167. The Hall–Kier alpha value is -1.91. The first-order valence-corrected chi connectivity index (χ1v) is 8.96. The third-order valence-corrected chi connectivity index (χ3v) is 5.38. The maximum atomic E-state index is 12.7. The van der Waals surface area contributed by atoms with Crippen LogP contribution in [-0.4, -0.2) is 37.7 Å². The van der Waals surface area contributed by atoms with E-state index in [1.165, 1.54) is 24.8 Å². The molecule has 0 radical (unpaired) electrons. The van der Waals surface area contributed by atoms with Crippen molar-refractivity contribution in [3.8, 4) is 11.5 Å². The van der Waals surface area contributed by atoms with Crippen LogP contribution >= 0.6 is 0 Å². The Kier molecular flexibility index (Phi) is 5.17. The van der Waals surface area contributed by atoms with Crippen LogP contribution in [0.25, 0.3) is 0 Å². The molecule has 1 aliphatic heterocycles. The Morgan fingerprint density at radius 3 is 2.46 bits per heavy atom. The van der Waals surface area contributed by atoms with Gasteiger partial charge in [-0.3, -0.25) is 0 Å². The highest BCUT2D eigenvalue weighted by molar-refractivity contribution is 5.75. The summed E-state index contributed by atoms with van der Waals surface area (Å²) >= 11 is 0. The second-order valence-electron chi connectivity index (χ2n) is 6.81. The normalized spacial score (nSPS) is 21.1. The predicted octanol–water partition coefficient (Wildman–Crippen LogP) is 3.67. The zero-order valence-electron chi connectivity index (χ0n) is 14.9. The molecule has 0 aromatic heterocycles. The molecule has 0 unspecified atom stereocenters. The van der Waals surface area contributed by atoms with E-state index in [-0.39, 0.29) is 12.1 Å². The molecule has 1 aliphatic carbocycles. The van der Waals surface area contributed by atoms with Gasteiger partial charge in [-0.15, -0.1) is 0 Å². The number of hydrogen-bond acceptors (Lipinski definition) is 3. The van der Waals surface area contributed by atoms with Crippen molar-refractivity contribution in [3.63, 3.8) is 0 Å². The molecule has 1 aromatic rings. The Balaban J connectivity index is 1.75. The number of urea groups is 1. The van der Waals surface area contributed by atoms with Crippen LogP contribution in [-0.2, 0) is 6.42 Å². The molecule has 2 amide bonds. The van der Waals surface area contributed by atoms with Gasteiger partial charge in [0.2, 0.25) is 0 Å². The van der Waals surface area contributed by atoms with Crippen LogP contribution in [0.4, 0.5) is 4.79 Å². The summed E-state index contributed by atoms with van der Waals surface area (Å²) < 4.78 is 10.8. The Morgan fingerprint density at radius 2 is 1.79 bits per heavy atom. The summed E-state index contributed by atoms with van der Waals surface area (Å²) in [5.74, 6) is 1.47. The number of fused-ring (bicyclic) bond motifs is 1. The van der Waals surface area contributed by atoms with Gasteiger partial charge in [-0.25, -0.2) is 4.79 Å². The summed E-state index contributed by atoms with van der Waals surface area (Å²) in [6.45, 7) is 2.83. The quantitative estimate of drug-likeness (QED) is 0.919. The van der Waals surface area contributed by atoms with Crippen molar-refractivity contribution in [2.75, 3.05) is 20.8 Å². The maximum Gasteiger partial charge on any atom is 0.318 e. The molecule has 3 rings (SSSR count). The monoisotopic (exact) mass is 332 g/mol. The fraction of sp³-hybridized carbons (Fsp3) is 0.632. The molecule has 2 aliphatic rings. The Morgan fingerprint density at radius 1 is 1.12 bits per heavy atom. The highest BCUT2D eigenvalue weighted by Crippen LogP contribution is 2.37. The van der Waals surface area contributed by atoms with Crippen LogP contribution in [0.15, 0.2) is 12.1 Å². The third-order valence-electron chi connectivity index (χ3n) is 5.38. The van der Waals surface area contributed by atoms with Gasteiger partial charge in [0.25, 0.3) is 0 Å². The van der Waals surface area contributed by atoms with Gasteiger partial charge in [0.05, 0.1) is 20.3 Å². The molecular formula is C19H28N2O3. The predicted molar refractivity (Wildman–Crippen MR) is 93.8 cm³/mol. The lowest BCUT2D eigenvalue weighted by atomic mass is 9.92. The van der Waals surface area contributed by atoms with Crippen molar-refractivity contribution in [2.45, 2.75) is 57.5 Å². The average Bonchev–Trinajstić information content (AvgIpc) is 2.61. The lowest BCUT2D eigenvalue weighted by Crippen LogP contribution is -2.48. The summed E-state index contributed by atoms with van der Waals surface area (Å²) in [5.41, 5.74) is 2.39. The van der Waals surface area contributed by atoms with Gasteiger partial charge < -0.3 is 19.7 Å². The van der Waals surface area contributed by atoms with Gasteiger partial charge in [-0.2, -0.15) is 0 Å². The Bertz CT molecular complexity index is 597. The van der Waals surface area contributed by atoms with Crippen LogP contribution in [0.5, 0.6) is 11.5 Å². The molecule has 0 spiro atoms. The minimum atomic E-state index is 0.0390. The van der Waals surface area contributed by atoms with E-state index in [9.17, 15) is 4.79 Å². The fourth-order valence-electron chi connectivity index (χ4n) is 3.93. The maximum absolute atomic E-state index is 12.7. The van der Waals surface area contributed by atoms with Crippen molar-refractivity contribution in [2.24, 2.45) is 0 Å². The molecule has 24 heavy (non-hydrogen) atoms. The molecule has 1 N–H and O–H groups in total. The van der Waals surface area contributed by atoms with Gasteiger partial charge >= 0.3 is 6.03 Å². The summed E-state index contributed by atoms with van der Waals surface area (Å²) in [6.07, 6.45) is 6.80. The number of rotatable bonds is 3. The molecule has 0 bridgehead atoms. The van der Waals surface area contributed by atoms with E-state index in [1.807, 2.05) is 17.0 Å². The fourth-order valence-corrected chi connectivity index (χ4v) is 3.93. The van der Waals surface area contributed by atoms with E-state index in [0.717, 1.165) is 42.9 Å². The molecule has 5 nitrogen and oxygen atoms in total. The number of methoxy groups -OCH3 is 2.